The highest BCUT2D eigenvalue weighted by atomic mass is 16.4. The number of hydrogen-bond donors (Lipinski definition) is 1. The predicted octanol–water partition coefficient (Wildman–Crippen LogP) is 4.79. The maximum absolute atomic E-state index is 11.1. The van der Waals surface area contributed by atoms with Crippen LogP contribution in [0.25, 0.3) is 27.6 Å². The molecule has 3 rings (SSSR count). The summed E-state index contributed by atoms with van der Waals surface area (Å²) in [7, 11) is 0. The molecule has 104 valence electrons. The zero-order valence-corrected chi connectivity index (χ0v) is 12.1. The molecular formula is C19H16O2. The van der Waals surface area contributed by atoms with Gasteiger partial charge < -0.3 is 5.11 Å². The average molecular weight is 276 g/mol. The molecule has 0 heterocycles. The molecule has 0 saturated heterocycles. The summed E-state index contributed by atoms with van der Waals surface area (Å²) in [5, 5.41) is 13.7. The van der Waals surface area contributed by atoms with Gasteiger partial charge in [-0.25, -0.2) is 4.79 Å². The van der Waals surface area contributed by atoms with Crippen LogP contribution >= 0.6 is 0 Å². The van der Waals surface area contributed by atoms with Crippen molar-refractivity contribution in [2.45, 2.75) is 13.8 Å². The van der Waals surface area contributed by atoms with Crippen LogP contribution in [0.2, 0.25) is 0 Å². The van der Waals surface area contributed by atoms with E-state index in [1.807, 2.05) is 25.1 Å². The molecule has 0 amide bonds. The predicted molar refractivity (Wildman–Crippen MR) is 87.5 cm³/mol. The van der Waals surface area contributed by atoms with E-state index in [0.29, 0.717) is 5.57 Å². The van der Waals surface area contributed by atoms with E-state index < -0.39 is 5.97 Å². The molecule has 2 nitrogen and oxygen atoms in total. The van der Waals surface area contributed by atoms with Crippen molar-refractivity contribution in [2.75, 3.05) is 0 Å². The summed E-state index contributed by atoms with van der Waals surface area (Å²) in [5.41, 5.74) is 2.41. The Morgan fingerprint density at radius 3 is 2.33 bits per heavy atom. The number of benzene rings is 3. The summed E-state index contributed by atoms with van der Waals surface area (Å²) in [4.78, 5) is 11.1. The van der Waals surface area contributed by atoms with Crippen molar-refractivity contribution < 1.29 is 9.90 Å². The molecule has 0 radical (unpaired) electrons. The lowest BCUT2D eigenvalue weighted by atomic mass is 9.95. The standard InChI is InChI=1S/C19H16O2/c1-12-7-8-16-10-14-5-3-4-6-15(14)11-18(16)17(12)9-13(2)19(20)21/h3-11H,1-2H3,(H,20,21). The third-order valence-electron chi connectivity index (χ3n) is 3.84. The van der Waals surface area contributed by atoms with Gasteiger partial charge in [-0.15, -0.1) is 0 Å². The Labute approximate surface area is 123 Å². The highest BCUT2D eigenvalue weighted by Gasteiger charge is 2.07. The lowest BCUT2D eigenvalue weighted by Gasteiger charge is -2.09. The molecule has 3 aromatic carbocycles. The smallest absolute Gasteiger partial charge is 0.331 e. The van der Waals surface area contributed by atoms with E-state index in [0.717, 1.165) is 21.9 Å². The Bertz CT molecular complexity index is 889. The van der Waals surface area contributed by atoms with Crippen LogP contribution in [0.5, 0.6) is 0 Å². The molecule has 0 aromatic heterocycles. The van der Waals surface area contributed by atoms with Gasteiger partial charge in [0, 0.05) is 5.57 Å². The number of aryl methyl sites for hydroxylation is 1. The fourth-order valence-corrected chi connectivity index (χ4v) is 2.62. The third-order valence-corrected chi connectivity index (χ3v) is 3.84. The first-order chi connectivity index (χ1) is 10.1. The molecule has 0 spiro atoms. The first kappa shape index (κ1) is 13.4. The minimum Gasteiger partial charge on any atom is -0.478 e. The van der Waals surface area contributed by atoms with E-state index >= 15 is 0 Å². The molecule has 0 bridgehead atoms. The van der Waals surface area contributed by atoms with Crippen LogP contribution in [0.1, 0.15) is 18.1 Å². The summed E-state index contributed by atoms with van der Waals surface area (Å²) >= 11 is 0. The van der Waals surface area contributed by atoms with E-state index in [4.69, 9.17) is 5.11 Å². The van der Waals surface area contributed by atoms with Gasteiger partial charge in [0.05, 0.1) is 0 Å². The van der Waals surface area contributed by atoms with Crippen LogP contribution in [-0.4, -0.2) is 11.1 Å². The lowest BCUT2D eigenvalue weighted by Crippen LogP contribution is -1.96. The number of hydrogen-bond acceptors (Lipinski definition) is 1. The highest BCUT2D eigenvalue weighted by molar-refractivity contribution is 6.04. The van der Waals surface area contributed by atoms with Crippen LogP contribution in [-0.2, 0) is 4.79 Å². The Morgan fingerprint density at radius 1 is 1.00 bits per heavy atom. The third kappa shape index (κ3) is 2.40. The Kier molecular flexibility index (Phi) is 3.22. The Hall–Kier alpha value is -2.61. The fourth-order valence-electron chi connectivity index (χ4n) is 2.62. The molecular weight excluding hydrogens is 260 g/mol. The van der Waals surface area contributed by atoms with Gasteiger partial charge in [0.25, 0.3) is 0 Å². The van der Waals surface area contributed by atoms with E-state index in [1.54, 1.807) is 13.0 Å². The maximum Gasteiger partial charge on any atom is 0.331 e. The van der Waals surface area contributed by atoms with Gasteiger partial charge in [0.15, 0.2) is 0 Å². The number of carbonyl (C=O) groups is 1. The molecule has 0 aliphatic carbocycles. The minimum absolute atomic E-state index is 0.346. The first-order valence-electron chi connectivity index (χ1n) is 6.90. The van der Waals surface area contributed by atoms with Gasteiger partial charge in [0.1, 0.15) is 0 Å². The molecule has 2 heteroatoms. The summed E-state index contributed by atoms with van der Waals surface area (Å²) in [6.07, 6.45) is 1.76. The average Bonchev–Trinajstić information content (AvgIpc) is 2.48. The van der Waals surface area contributed by atoms with Gasteiger partial charge >= 0.3 is 5.97 Å². The summed E-state index contributed by atoms with van der Waals surface area (Å²) < 4.78 is 0. The van der Waals surface area contributed by atoms with Crippen molar-refractivity contribution in [3.63, 3.8) is 0 Å². The van der Waals surface area contributed by atoms with E-state index in [2.05, 4.69) is 30.3 Å². The van der Waals surface area contributed by atoms with Crippen LogP contribution in [0, 0.1) is 6.92 Å². The van der Waals surface area contributed by atoms with Crippen LogP contribution in [0.15, 0.2) is 54.1 Å². The van der Waals surface area contributed by atoms with Crippen molar-refractivity contribution in [1.29, 1.82) is 0 Å². The van der Waals surface area contributed by atoms with Gasteiger partial charge in [-0.05, 0) is 64.7 Å². The van der Waals surface area contributed by atoms with Crippen LogP contribution < -0.4 is 0 Å². The maximum atomic E-state index is 11.1. The van der Waals surface area contributed by atoms with Gasteiger partial charge in [-0.2, -0.15) is 0 Å². The van der Waals surface area contributed by atoms with Gasteiger partial charge in [0.2, 0.25) is 0 Å². The number of rotatable bonds is 2. The molecule has 0 aliphatic rings. The SMILES string of the molecule is CC(=Cc1c(C)ccc2cc3ccccc3cc12)C(=O)O. The van der Waals surface area contributed by atoms with Crippen molar-refractivity contribution in [1.82, 2.24) is 0 Å². The Balaban J connectivity index is 2.37. The van der Waals surface area contributed by atoms with Gasteiger partial charge in [-0.3, -0.25) is 0 Å². The quantitative estimate of drug-likeness (QED) is 0.539. The molecule has 21 heavy (non-hydrogen) atoms. The molecule has 0 unspecified atom stereocenters. The normalized spacial score (nSPS) is 12.0. The van der Waals surface area contributed by atoms with Gasteiger partial charge in [-0.1, -0.05) is 36.4 Å². The second-order valence-electron chi connectivity index (χ2n) is 5.35. The van der Waals surface area contributed by atoms with E-state index in [1.165, 1.54) is 10.8 Å². The monoisotopic (exact) mass is 276 g/mol. The molecule has 0 saturated carbocycles. The first-order valence-corrected chi connectivity index (χ1v) is 6.90. The van der Waals surface area contributed by atoms with E-state index in [-0.39, 0.29) is 0 Å². The second-order valence-corrected chi connectivity index (χ2v) is 5.35. The Morgan fingerprint density at radius 2 is 1.67 bits per heavy atom. The number of carboxylic acids is 1. The van der Waals surface area contributed by atoms with Crippen molar-refractivity contribution in [3.05, 3.63) is 65.2 Å². The molecule has 0 fully saturated rings. The van der Waals surface area contributed by atoms with Crippen molar-refractivity contribution in [3.8, 4) is 0 Å². The molecule has 0 atom stereocenters. The van der Waals surface area contributed by atoms with Crippen LogP contribution in [0.3, 0.4) is 0 Å². The lowest BCUT2D eigenvalue weighted by molar-refractivity contribution is -0.132. The fraction of sp³-hybridized carbons (Fsp3) is 0.105. The topological polar surface area (TPSA) is 37.3 Å². The zero-order chi connectivity index (χ0) is 15.0. The van der Waals surface area contributed by atoms with Crippen LogP contribution in [0.4, 0.5) is 0 Å². The summed E-state index contributed by atoms with van der Waals surface area (Å²) in [6, 6.07) is 16.6. The van der Waals surface area contributed by atoms with Crippen molar-refractivity contribution in [2.24, 2.45) is 0 Å². The zero-order valence-electron chi connectivity index (χ0n) is 12.1. The number of aliphatic carboxylic acids is 1. The molecule has 3 aromatic rings. The highest BCUT2D eigenvalue weighted by Crippen LogP contribution is 2.29. The van der Waals surface area contributed by atoms with Crippen molar-refractivity contribution >= 4 is 33.6 Å². The number of fused-ring (bicyclic) bond motifs is 2. The number of carboxylic acid groups (broad SMARTS) is 1. The minimum atomic E-state index is -0.882. The second kappa shape index (κ2) is 5.06. The van der Waals surface area contributed by atoms with E-state index in [9.17, 15) is 4.79 Å². The molecule has 1 N–H and O–H groups in total. The molecule has 0 aliphatic heterocycles. The summed E-state index contributed by atoms with van der Waals surface area (Å²) in [5.74, 6) is -0.882. The largest absolute Gasteiger partial charge is 0.478 e. The summed E-state index contributed by atoms with van der Waals surface area (Å²) in [6.45, 7) is 3.64.